The van der Waals surface area contributed by atoms with Crippen molar-refractivity contribution in [3.05, 3.63) is 50.2 Å². The molecule has 0 aliphatic rings. The van der Waals surface area contributed by atoms with Crippen molar-refractivity contribution in [3.63, 3.8) is 0 Å². The normalized spacial score (nSPS) is 11.5. The summed E-state index contributed by atoms with van der Waals surface area (Å²) in [5, 5.41) is 0. The molecule has 0 fully saturated rings. The molecule has 1 aromatic carbocycles. The molecule has 124 valence electrons. The lowest BCUT2D eigenvalue weighted by atomic mass is 10.1. The fourth-order valence-corrected chi connectivity index (χ4v) is 3.41. The number of anilines is 2. The number of hydrogen-bond donors (Lipinski definition) is 2. The number of sulfonamides is 1. The van der Waals surface area contributed by atoms with E-state index in [9.17, 15) is 18.0 Å². The Hall–Kier alpha value is -2.55. The molecule has 1 heterocycles. The molecule has 1 aromatic heterocycles. The Morgan fingerprint density at radius 3 is 2.22 bits per heavy atom. The smallest absolute Gasteiger partial charge is 0.332 e. The van der Waals surface area contributed by atoms with Gasteiger partial charge in [0.25, 0.3) is 15.6 Å². The average molecular weight is 338 g/mol. The molecule has 2 rings (SSSR count). The molecule has 23 heavy (non-hydrogen) atoms. The number of rotatable bonds is 3. The molecule has 0 saturated heterocycles. The van der Waals surface area contributed by atoms with Crippen LogP contribution in [0.25, 0.3) is 0 Å². The third-order valence-corrected chi connectivity index (χ3v) is 5.12. The largest absolute Gasteiger partial charge is 0.384 e. The summed E-state index contributed by atoms with van der Waals surface area (Å²) >= 11 is 0. The third-order valence-electron chi connectivity index (χ3n) is 3.69. The number of aromatic nitrogens is 2. The van der Waals surface area contributed by atoms with Gasteiger partial charge in [-0.2, -0.15) is 0 Å². The van der Waals surface area contributed by atoms with Gasteiger partial charge in [-0.15, -0.1) is 0 Å². The first kappa shape index (κ1) is 16.8. The molecule has 9 heteroatoms. The van der Waals surface area contributed by atoms with Crippen molar-refractivity contribution in [2.75, 3.05) is 10.5 Å². The molecule has 0 radical (unpaired) electrons. The van der Waals surface area contributed by atoms with Gasteiger partial charge in [-0.1, -0.05) is 6.07 Å². The van der Waals surface area contributed by atoms with Crippen molar-refractivity contribution in [1.82, 2.24) is 9.13 Å². The molecule has 2 aromatic rings. The van der Waals surface area contributed by atoms with Gasteiger partial charge in [-0.3, -0.25) is 18.7 Å². The van der Waals surface area contributed by atoms with Crippen molar-refractivity contribution in [3.8, 4) is 0 Å². The van der Waals surface area contributed by atoms with Crippen molar-refractivity contribution >= 4 is 21.5 Å². The quantitative estimate of drug-likeness (QED) is 0.822. The lowest BCUT2D eigenvalue weighted by Crippen LogP contribution is -2.42. The standard InChI is InChI=1S/C14H18N4O4S/c1-8-5-6-10(7-9(8)2)16-23(21,22)11-12(15)17(3)14(20)18(4)13(11)19/h5-7,16H,15H2,1-4H3. The fraction of sp³-hybridized carbons (Fsp3) is 0.286. The first-order valence-corrected chi connectivity index (χ1v) is 8.20. The SMILES string of the molecule is Cc1ccc(NS(=O)(=O)c2c(N)n(C)c(=O)n(C)c2=O)cc1C. The van der Waals surface area contributed by atoms with Crippen molar-refractivity contribution < 1.29 is 8.42 Å². The van der Waals surface area contributed by atoms with Gasteiger partial charge in [-0.05, 0) is 37.1 Å². The summed E-state index contributed by atoms with van der Waals surface area (Å²) in [5.41, 5.74) is 6.22. The van der Waals surface area contributed by atoms with Gasteiger partial charge in [0.2, 0.25) is 0 Å². The van der Waals surface area contributed by atoms with Gasteiger partial charge in [0.15, 0.2) is 4.90 Å². The minimum Gasteiger partial charge on any atom is -0.384 e. The Balaban J connectivity index is 2.63. The molecule has 0 saturated carbocycles. The second-order valence-corrected chi connectivity index (χ2v) is 6.94. The van der Waals surface area contributed by atoms with Crippen LogP contribution >= 0.6 is 0 Å². The van der Waals surface area contributed by atoms with E-state index in [4.69, 9.17) is 5.73 Å². The second-order valence-electron chi connectivity index (χ2n) is 5.32. The average Bonchev–Trinajstić information content (AvgIpc) is 2.46. The Labute approximate surface area is 133 Å². The van der Waals surface area contributed by atoms with E-state index in [1.165, 1.54) is 14.1 Å². The van der Waals surface area contributed by atoms with E-state index in [-0.39, 0.29) is 0 Å². The van der Waals surface area contributed by atoms with Gasteiger partial charge in [0, 0.05) is 19.8 Å². The first-order chi connectivity index (χ1) is 10.6. The predicted molar refractivity (Wildman–Crippen MR) is 88.1 cm³/mol. The van der Waals surface area contributed by atoms with Crippen molar-refractivity contribution in [1.29, 1.82) is 0 Å². The number of nitrogen functional groups attached to an aromatic ring is 1. The van der Waals surface area contributed by atoms with Crippen LogP contribution in [0.2, 0.25) is 0 Å². The summed E-state index contributed by atoms with van der Waals surface area (Å²) in [5.74, 6) is -0.408. The van der Waals surface area contributed by atoms with Crippen LogP contribution in [0.1, 0.15) is 11.1 Å². The summed E-state index contributed by atoms with van der Waals surface area (Å²) in [6, 6.07) is 4.99. The van der Waals surface area contributed by atoms with Gasteiger partial charge in [-0.25, -0.2) is 13.2 Å². The van der Waals surface area contributed by atoms with E-state index >= 15 is 0 Å². The lowest BCUT2D eigenvalue weighted by Gasteiger charge is -2.14. The van der Waals surface area contributed by atoms with Crippen LogP contribution in [0, 0.1) is 13.8 Å². The first-order valence-electron chi connectivity index (χ1n) is 6.72. The predicted octanol–water partition coefficient (Wildman–Crippen LogP) is 0.0838. The van der Waals surface area contributed by atoms with E-state index < -0.39 is 32.0 Å². The van der Waals surface area contributed by atoms with Crippen LogP contribution in [0.15, 0.2) is 32.7 Å². The second kappa shape index (κ2) is 5.58. The minimum absolute atomic E-state index is 0.309. The highest BCUT2D eigenvalue weighted by Crippen LogP contribution is 2.19. The van der Waals surface area contributed by atoms with E-state index in [1.807, 2.05) is 13.8 Å². The highest BCUT2D eigenvalue weighted by molar-refractivity contribution is 7.92. The minimum atomic E-state index is -4.23. The number of nitrogens with zero attached hydrogens (tertiary/aromatic N) is 2. The molecule has 0 atom stereocenters. The maximum atomic E-state index is 12.5. The van der Waals surface area contributed by atoms with Crippen LogP contribution < -0.4 is 21.7 Å². The summed E-state index contributed by atoms with van der Waals surface area (Å²) in [7, 11) is -1.74. The summed E-state index contributed by atoms with van der Waals surface area (Å²) < 4.78 is 29.0. The summed E-state index contributed by atoms with van der Waals surface area (Å²) in [4.78, 5) is 23.3. The zero-order valence-electron chi connectivity index (χ0n) is 13.2. The number of nitrogens with one attached hydrogen (secondary N) is 1. The van der Waals surface area contributed by atoms with Gasteiger partial charge >= 0.3 is 5.69 Å². The highest BCUT2D eigenvalue weighted by Gasteiger charge is 2.26. The molecule has 3 N–H and O–H groups in total. The monoisotopic (exact) mass is 338 g/mol. The van der Waals surface area contributed by atoms with Gasteiger partial charge in [0.1, 0.15) is 5.82 Å². The number of hydrogen-bond acceptors (Lipinski definition) is 5. The topological polar surface area (TPSA) is 116 Å². The number of aryl methyl sites for hydroxylation is 2. The zero-order valence-corrected chi connectivity index (χ0v) is 14.1. The Bertz CT molecular complexity index is 1000. The van der Waals surface area contributed by atoms with Crippen LogP contribution in [0.4, 0.5) is 11.5 Å². The van der Waals surface area contributed by atoms with E-state index in [0.717, 1.165) is 15.7 Å². The molecule has 0 aliphatic carbocycles. The molecule has 0 unspecified atom stereocenters. The zero-order chi connectivity index (χ0) is 17.5. The van der Waals surface area contributed by atoms with Crippen molar-refractivity contribution in [2.45, 2.75) is 18.7 Å². The highest BCUT2D eigenvalue weighted by atomic mass is 32.2. The third kappa shape index (κ3) is 2.87. The van der Waals surface area contributed by atoms with Gasteiger partial charge in [0.05, 0.1) is 0 Å². The van der Waals surface area contributed by atoms with Crippen LogP contribution in [0.3, 0.4) is 0 Å². The Kier molecular flexibility index (Phi) is 4.08. The fourth-order valence-electron chi connectivity index (χ4n) is 2.09. The summed E-state index contributed by atoms with van der Waals surface area (Å²) in [6.45, 7) is 3.74. The molecule has 0 aliphatic heterocycles. The molecule has 0 amide bonds. The van der Waals surface area contributed by atoms with Crippen LogP contribution in [-0.4, -0.2) is 17.6 Å². The Morgan fingerprint density at radius 2 is 1.65 bits per heavy atom. The van der Waals surface area contributed by atoms with Crippen LogP contribution in [0.5, 0.6) is 0 Å². The summed E-state index contributed by atoms with van der Waals surface area (Å²) in [6.07, 6.45) is 0. The Morgan fingerprint density at radius 1 is 1.04 bits per heavy atom. The molecule has 0 spiro atoms. The van der Waals surface area contributed by atoms with E-state index in [1.54, 1.807) is 18.2 Å². The molecular formula is C14H18N4O4S. The van der Waals surface area contributed by atoms with Crippen molar-refractivity contribution in [2.24, 2.45) is 14.1 Å². The number of benzene rings is 1. The van der Waals surface area contributed by atoms with Gasteiger partial charge < -0.3 is 5.73 Å². The molecular weight excluding hydrogens is 320 g/mol. The maximum Gasteiger partial charge on any atom is 0.332 e. The maximum absolute atomic E-state index is 12.5. The number of nitrogens with two attached hydrogens (primary N) is 1. The van der Waals surface area contributed by atoms with Crippen LogP contribution in [-0.2, 0) is 24.1 Å². The molecule has 0 bridgehead atoms. The van der Waals surface area contributed by atoms with E-state index in [0.29, 0.717) is 10.3 Å². The van der Waals surface area contributed by atoms with E-state index in [2.05, 4.69) is 4.72 Å². The lowest BCUT2D eigenvalue weighted by molar-refractivity contribution is 0.591. The molecule has 8 nitrogen and oxygen atoms in total.